The fourth-order valence-corrected chi connectivity index (χ4v) is 2.54. The number of rotatable bonds is 6. The van der Waals surface area contributed by atoms with Crippen LogP contribution in [0.2, 0.25) is 5.02 Å². The number of anilines is 1. The topological polar surface area (TPSA) is 93.5 Å². The maximum atomic E-state index is 12.0. The molecular formula is C20H18ClN3O4. The first-order chi connectivity index (χ1) is 13.5. The lowest BCUT2D eigenvalue weighted by Gasteiger charge is -2.14. The Morgan fingerprint density at radius 3 is 2.50 bits per heavy atom. The monoisotopic (exact) mass is 399 g/mol. The first kappa shape index (κ1) is 19.4. The van der Waals surface area contributed by atoms with Gasteiger partial charge in [-0.1, -0.05) is 35.9 Å². The van der Waals surface area contributed by atoms with E-state index in [1.54, 1.807) is 48.5 Å². The van der Waals surface area contributed by atoms with Crippen LogP contribution in [-0.4, -0.2) is 17.0 Å². The molecule has 0 aliphatic rings. The van der Waals surface area contributed by atoms with E-state index in [1.165, 1.54) is 12.6 Å². The van der Waals surface area contributed by atoms with Crippen LogP contribution in [0.3, 0.4) is 0 Å². The van der Waals surface area contributed by atoms with Crippen LogP contribution in [0.4, 0.5) is 10.5 Å². The van der Waals surface area contributed by atoms with E-state index >= 15 is 0 Å². The summed E-state index contributed by atoms with van der Waals surface area (Å²) < 4.78 is 10.1. The number of nitrogens with one attached hydrogen (secondary N) is 2. The van der Waals surface area contributed by atoms with Crippen LogP contribution < -0.4 is 10.6 Å². The summed E-state index contributed by atoms with van der Waals surface area (Å²) in [5, 5.41) is 6.09. The molecule has 3 rings (SSSR count). The summed E-state index contributed by atoms with van der Waals surface area (Å²) in [6.45, 7) is 1.99. The number of benzene rings is 2. The highest BCUT2D eigenvalue weighted by atomic mass is 35.5. The second kappa shape index (κ2) is 9.05. The van der Waals surface area contributed by atoms with Crippen molar-refractivity contribution in [3.05, 3.63) is 83.0 Å². The van der Waals surface area contributed by atoms with Crippen LogP contribution in [0.1, 0.15) is 34.6 Å². The Kier molecular flexibility index (Phi) is 6.29. The second-order valence-electron chi connectivity index (χ2n) is 6.01. The average Bonchev–Trinajstić information content (AvgIpc) is 3.23. The zero-order valence-electron chi connectivity index (χ0n) is 15.0. The SMILES string of the molecule is C[C@H](NC(=O)c1cnco1)c1ccc(NC(=O)OCc2ccc(Cl)cc2)cc1. The van der Waals surface area contributed by atoms with Crippen molar-refractivity contribution in [1.29, 1.82) is 0 Å². The third-order valence-corrected chi connectivity index (χ3v) is 4.20. The van der Waals surface area contributed by atoms with Crippen LogP contribution >= 0.6 is 11.6 Å². The molecule has 0 fully saturated rings. The van der Waals surface area contributed by atoms with E-state index in [1.807, 2.05) is 6.92 Å². The minimum absolute atomic E-state index is 0.145. The zero-order valence-corrected chi connectivity index (χ0v) is 15.8. The fourth-order valence-electron chi connectivity index (χ4n) is 2.42. The van der Waals surface area contributed by atoms with Crippen molar-refractivity contribution in [2.24, 2.45) is 0 Å². The van der Waals surface area contributed by atoms with Gasteiger partial charge < -0.3 is 14.5 Å². The minimum Gasteiger partial charge on any atom is -0.444 e. The van der Waals surface area contributed by atoms with Gasteiger partial charge in [0, 0.05) is 10.7 Å². The molecule has 8 heteroatoms. The predicted molar refractivity (Wildman–Crippen MR) is 104 cm³/mol. The molecule has 0 unspecified atom stereocenters. The number of aromatic nitrogens is 1. The predicted octanol–water partition coefficient (Wildman–Crippen LogP) is 4.57. The number of oxazole rings is 1. The third kappa shape index (κ3) is 5.34. The van der Waals surface area contributed by atoms with Gasteiger partial charge in [0.05, 0.1) is 12.2 Å². The summed E-state index contributed by atoms with van der Waals surface area (Å²) in [5.74, 6) is -0.202. The van der Waals surface area contributed by atoms with Gasteiger partial charge in [0.2, 0.25) is 5.76 Å². The lowest BCUT2D eigenvalue weighted by atomic mass is 10.1. The molecule has 2 aromatic carbocycles. The van der Waals surface area contributed by atoms with Crippen LogP contribution in [-0.2, 0) is 11.3 Å². The van der Waals surface area contributed by atoms with Crippen LogP contribution in [0.5, 0.6) is 0 Å². The average molecular weight is 400 g/mol. The van der Waals surface area contributed by atoms with E-state index in [0.29, 0.717) is 10.7 Å². The molecule has 0 saturated carbocycles. The fraction of sp³-hybridized carbons (Fsp3) is 0.150. The van der Waals surface area contributed by atoms with Crippen molar-refractivity contribution in [3.63, 3.8) is 0 Å². The van der Waals surface area contributed by atoms with Crippen molar-refractivity contribution in [3.8, 4) is 0 Å². The summed E-state index contributed by atoms with van der Waals surface area (Å²) >= 11 is 5.82. The molecule has 2 amide bonds. The zero-order chi connectivity index (χ0) is 19.9. The van der Waals surface area contributed by atoms with Crippen molar-refractivity contribution in [2.75, 3.05) is 5.32 Å². The molecule has 3 aromatic rings. The van der Waals surface area contributed by atoms with E-state index < -0.39 is 6.09 Å². The lowest BCUT2D eigenvalue weighted by molar-refractivity contribution is 0.0912. The smallest absolute Gasteiger partial charge is 0.411 e. The highest BCUT2D eigenvalue weighted by molar-refractivity contribution is 6.30. The number of carbonyl (C=O) groups excluding carboxylic acids is 2. The molecule has 144 valence electrons. The molecule has 0 aliphatic carbocycles. The quantitative estimate of drug-likeness (QED) is 0.633. The Balaban J connectivity index is 1.49. The number of hydrogen-bond donors (Lipinski definition) is 2. The van der Waals surface area contributed by atoms with E-state index in [9.17, 15) is 9.59 Å². The van der Waals surface area contributed by atoms with E-state index in [-0.39, 0.29) is 24.3 Å². The van der Waals surface area contributed by atoms with Crippen LogP contribution in [0, 0.1) is 0 Å². The number of amides is 2. The number of ether oxygens (including phenoxy) is 1. The summed E-state index contributed by atoms with van der Waals surface area (Å²) in [4.78, 5) is 27.6. The molecule has 1 aromatic heterocycles. The first-order valence-corrected chi connectivity index (χ1v) is 8.86. The molecule has 7 nitrogen and oxygen atoms in total. The van der Waals surface area contributed by atoms with Gasteiger partial charge in [0.1, 0.15) is 6.61 Å². The highest BCUT2D eigenvalue weighted by Gasteiger charge is 2.14. The highest BCUT2D eigenvalue weighted by Crippen LogP contribution is 2.17. The molecule has 28 heavy (non-hydrogen) atoms. The van der Waals surface area contributed by atoms with Gasteiger partial charge >= 0.3 is 6.09 Å². The molecule has 0 radical (unpaired) electrons. The summed E-state index contributed by atoms with van der Waals surface area (Å²) in [6, 6.07) is 13.9. The molecule has 0 spiro atoms. The van der Waals surface area contributed by atoms with Crippen molar-refractivity contribution >= 4 is 29.3 Å². The second-order valence-corrected chi connectivity index (χ2v) is 6.45. The third-order valence-electron chi connectivity index (χ3n) is 3.94. The Morgan fingerprint density at radius 1 is 1.14 bits per heavy atom. The summed E-state index contributed by atoms with van der Waals surface area (Å²) in [7, 11) is 0. The molecule has 1 heterocycles. The van der Waals surface area contributed by atoms with Gasteiger partial charge in [-0.2, -0.15) is 0 Å². The summed E-state index contributed by atoms with van der Waals surface area (Å²) in [6.07, 6.45) is 1.99. The first-order valence-electron chi connectivity index (χ1n) is 8.49. The number of nitrogens with zero attached hydrogens (tertiary/aromatic N) is 1. The van der Waals surface area contributed by atoms with Gasteiger partial charge in [-0.05, 0) is 42.3 Å². The molecule has 1 atom stereocenters. The maximum Gasteiger partial charge on any atom is 0.411 e. The van der Waals surface area contributed by atoms with Crippen molar-refractivity contribution < 1.29 is 18.7 Å². The van der Waals surface area contributed by atoms with Gasteiger partial charge in [-0.3, -0.25) is 10.1 Å². The summed E-state index contributed by atoms with van der Waals surface area (Å²) in [5.41, 5.74) is 2.29. The van der Waals surface area contributed by atoms with Gasteiger partial charge in [0.15, 0.2) is 6.39 Å². The van der Waals surface area contributed by atoms with Crippen LogP contribution in [0.15, 0.2) is 65.5 Å². The molecular weight excluding hydrogens is 382 g/mol. The number of carbonyl (C=O) groups is 2. The van der Waals surface area contributed by atoms with Crippen molar-refractivity contribution in [1.82, 2.24) is 10.3 Å². The van der Waals surface area contributed by atoms with E-state index in [2.05, 4.69) is 15.6 Å². The Bertz CT molecular complexity index is 925. The van der Waals surface area contributed by atoms with Gasteiger partial charge in [-0.15, -0.1) is 0 Å². The van der Waals surface area contributed by atoms with Gasteiger partial charge in [-0.25, -0.2) is 9.78 Å². The molecule has 0 aliphatic heterocycles. The lowest BCUT2D eigenvalue weighted by Crippen LogP contribution is -2.26. The molecule has 0 saturated heterocycles. The van der Waals surface area contributed by atoms with E-state index in [4.69, 9.17) is 20.8 Å². The Labute approximate surface area is 166 Å². The normalized spacial score (nSPS) is 11.5. The van der Waals surface area contributed by atoms with E-state index in [0.717, 1.165) is 11.1 Å². The largest absolute Gasteiger partial charge is 0.444 e. The number of halogens is 1. The minimum atomic E-state index is -0.561. The van der Waals surface area contributed by atoms with Gasteiger partial charge in [0.25, 0.3) is 5.91 Å². The van der Waals surface area contributed by atoms with Crippen molar-refractivity contribution in [2.45, 2.75) is 19.6 Å². The Hall–Kier alpha value is -3.32. The molecule has 0 bridgehead atoms. The van der Waals surface area contributed by atoms with Crippen LogP contribution in [0.25, 0.3) is 0 Å². The number of hydrogen-bond acceptors (Lipinski definition) is 5. The standard InChI is InChI=1S/C20H18ClN3O4/c1-13(23-19(25)18-10-22-12-28-18)15-4-8-17(9-5-15)24-20(26)27-11-14-2-6-16(21)7-3-14/h2-10,12-13H,11H2,1H3,(H,23,25)(H,24,26)/t13-/m0/s1. The molecule has 2 N–H and O–H groups in total. The maximum absolute atomic E-state index is 12.0. The Morgan fingerprint density at radius 2 is 1.86 bits per heavy atom.